The molecule has 0 unspecified atom stereocenters. The van der Waals surface area contributed by atoms with Crippen LogP contribution in [0, 0.1) is 0 Å². The number of aliphatic hydroxyl groups excluding tert-OH is 1. The van der Waals surface area contributed by atoms with E-state index >= 15 is 0 Å². The molecule has 2 aromatic carbocycles. The number of hydrogen-bond acceptors (Lipinski definition) is 2. The fourth-order valence-electron chi connectivity index (χ4n) is 2.30. The van der Waals surface area contributed by atoms with Crippen molar-refractivity contribution >= 4 is 0 Å². The molecule has 0 spiro atoms. The summed E-state index contributed by atoms with van der Waals surface area (Å²) >= 11 is 0. The summed E-state index contributed by atoms with van der Waals surface area (Å²) in [6, 6.07) is 17.7. The minimum Gasteiger partial charge on any atom is -0.385 e. The van der Waals surface area contributed by atoms with Crippen LogP contribution in [0.2, 0.25) is 0 Å². The fraction of sp³-hybridized carbons (Fsp3) is 0.200. The monoisotopic (exact) mass is 226 g/mol. The van der Waals surface area contributed by atoms with Crippen LogP contribution in [0.25, 0.3) is 0 Å². The first-order valence-electron chi connectivity index (χ1n) is 5.78. The van der Waals surface area contributed by atoms with Gasteiger partial charge in [0.1, 0.15) is 12.2 Å². The summed E-state index contributed by atoms with van der Waals surface area (Å²) < 4.78 is 5.69. The van der Waals surface area contributed by atoms with Crippen LogP contribution in [0.5, 0.6) is 0 Å². The summed E-state index contributed by atoms with van der Waals surface area (Å²) in [6.45, 7) is 0.588. The van der Waals surface area contributed by atoms with Crippen molar-refractivity contribution in [2.24, 2.45) is 0 Å². The number of aliphatic hydroxyl groups is 1. The molecule has 3 rings (SSSR count). The molecule has 1 heterocycles. The molecule has 86 valence electrons. The van der Waals surface area contributed by atoms with Gasteiger partial charge in [-0.25, -0.2) is 0 Å². The number of hydrogen-bond donors (Lipinski definition) is 1. The fourth-order valence-corrected chi connectivity index (χ4v) is 2.30. The predicted octanol–water partition coefficient (Wildman–Crippen LogP) is 2.99. The molecular formula is C15H14O2. The molecular weight excluding hydrogens is 212 g/mol. The Labute approximate surface area is 100 Å². The Morgan fingerprint density at radius 1 is 1.00 bits per heavy atom. The lowest BCUT2D eigenvalue weighted by Gasteiger charge is -2.18. The van der Waals surface area contributed by atoms with Crippen LogP contribution in [-0.2, 0) is 11.3 Å². The van der Waals surface area contributed by atoms with E-state index in [1.807, 2.05) is 54.6 Å². The van der Waals surface area contributed by atoms with Crippen LogP contribution in [0.3, 0.4) is 0 Å². The highest BCUT2D eigenvalue weighted by Crippen LogP contribution is 2.39. The molecule has 2 heteroatoms. The van der Waals surface area contributed by atoms with Gasteiger partial charge in [-0.15, -0.1) is 0 Å². The Morgan fingerprint density at radius 3 is 2.53 bits per heavy atom. The van der Waals surface area contributed by atoms with Crippen LogP contribution < -0.4 is 0 Å². The SMILES string of the molecule is O[C@H](c1ccccc1)[C@@H]1OCc2ccccc21. The zero-order valence-corrected chi connectivity index (χ0v) is 9.41. The molecule has 2 nitrogen and oxygen atoms in total. The molecule has 0 aliphatic carbocycles. The first-order chi connectivity index (χ1) is 8.36. The van der Waals surface area contributed by atoms with E-state index in [2.05, 4.69) is 0 Å². The van der Waals surface area contributed by atoms with E-state index in [-0.39, 0.29) is 6.10 Å². The molecule has 0 aromatic heterocycles. The molecule has 0 bridgehead atoms. The molecule has 1 aliphatic rings. The summed E-state index contributed by atoms with van der Waals surface area (Å²) in [5.41, 5.74) is 3.17. The van der Waals surface area contributed by atoms with Gasteiger partial charge < -0.3 is 9.84 Å². The molecule has 0 amide bonds. The average molecular weight is 226 g/mol. The molecule has 0 saturated carbocycles. The van der Waals surface area contributed by atoms with Crippen LogP contribution in [0.4, 0.5) is 0 Å². The lowest BCUT2D eigenvalue weighted by molar-refractivity contribution is -0.0314. The van der Waals surface area contributed by atoms with Gasteiger partial charge in [0.05, 0.1) is 6.61 Å². The lowest BCUT2D eigenvalue weighted by atomic mass is 9.97. The van der Waals surface area contributed by atoms with Gasteiger partial charge in [0, 0.05) is 0 Å². The van der Waals surface area contributed by atoms with E-state index in [1.54, 1.807) is 0 Å². The molecule has 2 atom stereocenters. The summed E-state index contributed by atoms with van der Waals surface area (Å²) in [5, 5.41) is 10.3. The standard InChI is InChI=1S/C15H14O2/c16-14(11-6-2-1-3-7-11)15-13-9-5-4-8-12(13)10-17-15/h1-9,14-16H,10H2/t14-,15-/m1/s1. The second-order valence-corrected chi connectivity index (χ2v) is 4.29. The Hall–Kier alpha value is -1.64. The first kappa shape index (κ1) is 10.5. The van der Waals surface area contributed by atoms with Gasteiger partial charge in [0.2, 0.25) is 0 Å². The molecule has 17 heavy (non-hydrogen) atoms. The van der Waals surface area contributed by atoms with Gasteiger partial charge in [0.25, 0.3) is 0 Å². The van der Waals surface area contributed by atoms with Crippen LogP contribution in [0.1, 0.15) is 28.9 Å². The van der Waals surface area contributed by atoms with E-state index in [9.17, 15) is 5.11 Å². The van der Waals surface area contributed by atoms with Crippen LogP contribution in [-0.4, -0.2) is 5.11 Å². The molecule has 0 fully saturated rings. The van der Waals surface area contributed by atoms with Crippen molar-refractivity contribution in [1.29, 1.82) is 0 Å². The van der Waals surface area contributed by atoms with Crippen molar-refractivity contribution in [3.05, 3.63) is 71.3 Å². The van der Waals surface area contributed by atoms with E-state index in [0.717, 1.165) is 11.1 Å². The molecule has 2 aromatic rings. The molecule has 0 saturated heterocycles. The molecule has 0 radical (unpaired) electrons. The van der Waals surface area contributed by atoms with Crippen molar-refractivity contribution in [2.45, 2.75) is 18.8 Å². The summed E-state index contributed by atoms with van der Waals surface area (Å²) in [6.07, 6.45) is -0.839. The van der Waals surface area contributed by atoms with Crippen molar-refractivity contribution in [2.75, 3.05) is 0 Å². The number of rotatable bonds is 2. The smallest absolute Gasteiger partial charge is 0.113 e. The maximum absolute atomic E-state index is 10.3. The lowest BCUT2D eigenvalue weighted by Crippen LogP contribution is -2.09. The highest BCUT2D eigenvalue weighted by atomic mass is 16.5. The van der Waals surface area contributed by atoms with E-state index < -0.39 is 6.10 Å². The minimum absolute atomic E-state index is 0.242. The normalized spacial score (nSPS) is 19.9. The molecule has 1 N–H and O–H groups in total. The highest BCUT2D eigenvalue weighted by Gasteiger charge is 2.29. The van der Waals surface area contributed by atoms with Gasteiger partial charge in [0.15, 0.2) is 0 Å². The number of fused-ring (bicyclic) bond motifs is 1. The minimum atomic E-state index is -0.597. The predicted molar refractivity (Wildman–Crippen MR) is 65.4 cm³/mol. The number of ether oxygens (including phenoxy) is 1. The van der Waals surface area contributed by atoms with Gasteiger partial charge in [-0.3, -0.25) is 0 Å². The van der Waals surface area contributed by atoms with Crippen molar-refractivity contribution < 1.29 is 9.84 Å². The van der Waals surface area contributed by atoms with Crippen molar-refractivity contribution in [3.8, 4) is 0 Å². The Kier molecular flexibility index (Phi) is 2.67. The average Bonchev–Trinajstić information content (AvgIpc) is 2.83. The quantitative estimate of drug-likeness (QED) is 0.853. The zero-order chi connectivity index (χ0) is 11.7. The first-order valence-corrected chi connectivity index (χ1v) is 5.78. The third kappa shape index (κ3) is 1.86. The van der Waals surface area contributed by atoms with Crippen LogP contribution in [0.15, 0.2) is 54.6 Å². The zero-order valence-electron chi connectivity index (χ0n) is 9.41. The van der Waals surface area contributed by atoms with Gasteiger partial charge in [-0.2, -0.15) is 0 Å². The highest BCUT2D eigenvalue weighted by molar-refractivity contribution is 5.34. The van der Waals surface area contributed by atoms with E-state index in [4.69, 9.17) is 4.74 Å². The summed E-state index contributed by atoms with van der Waals surface area (Å²) in [5.74, 6) is 0. The van der Waals surface area contributed by atoms with E-state index in [1.165, 1.54) is 5.56 Å². The Balaban J connectivity index is 1.92. The summed E-state index contributed by atoms with van der Waals surface area (Å²) in [7, 11) is 0. The third-order valence-electron chi connectivity index (χ3n) is 3.21. The second kappa shape index (κ2) is 4.32. The van der Waals surface area contributed by atoms with Crippen LogP contribution >= 0.6 is 0 Å². The van der Waals surface area contributed by atoms with Gasteiger partial charge in [-0.05, 0) is 16.7 Å². The maximum Gasteiger partial charge on any atom is 0.113 e. The maximum atomic E-state index is 10.3. The second-order valence-electron chi connectivity index (χ2n) is 4.29. The van der Waals surface area contributed by atoms with E-state index in [0.29, 0.717) is 6.61 Å². The number of benzene rings is 2. The van der Waals surface area contributed by atoms with Crippen molar-refractivity contribution in [1.82, 2.24) is 0 Å². The largest absolute Gasteiger partial charge is 0.385 e. The Bertz CT molecular complexity index is 507. The Morgan fingerprint density at radius 2 is 1.71 bits per heavy atom. The topological polar surface area (TPSA) is 29.5 Å². The third-order valence-corrected chi connectivity index (χ3v) is 3.21. The molecule has 1 aliphatic heterocycles. The van der Waals surface area contributed by atoms with Gasteiger partial charge >= 0.3 is 0 Å². The summed E-state index contributed by atoms with van der Waals surface area (Å²) in [4.78, 5) is 0. The van der Waals surface area contributed by atoms with Crippen molar-refractivity contribution in [3.63, 3.8) is 0 Å². The van der Waals surface area contributed by atoms with Gasteiger partial charge in [-0.1, -0.05) is 54.6 Å².